The zero-order valence-corrected chi connectivity index (χ0v) is 11.6. The summed E-state index contributed by atoms with van der Waals surface area (Å²) in [6.07, 6.45) is 5.50. The van der Waals surface area contributed by atoms with Crippen LogP contribution in [0.2, 0.25) is 0 Å². The third-order valence-corrected chi connectivity index (χ3v) is 3.81. The van der Waals surface area contributed by atoms with Gasteiger partial charge in [0.2, 0.25) is 0 Å². The van der Waals surface area contributed by atoms with E-state index in [1.54, 1.807) is 18.5 Å². The van der Waals surface area contributed by atoms with Crippen LogP contribution in [0.5, 0.6) is 0 Å². The summed E-state index contributed by atoms with van der Waals surface area (Å²) in [7, 11) is 0. The molecule has 1 fully saturated rings. The lowest BCUT2D eigenvalue weighted by Crippen LogP contribution is -2.39. The molecule has 3 nitrogen and oxygen atoms in total. The molecule has 0 saturated carbocycles. The minimum absolute atomic E-state index is 0.285. The number of nitrogens with zero attached hydrogens (tertiary/aromatic N) is 2. The monoisotopic (exact) mass is 289 g/mol. The van der Waals surface area contributed by atoms with Gasteiger partial charge in [-0.25, -0.2) is 8.78 Å². The van der Waals surface area contributed by atoms with E-state index in [-0.39, 0.29) is 6.04 Å². The average Bonchev–Trinajstić information content (AvgIpc) is 2.53. The number of benzene rings is 1. The summed E-state index contributed by atoms with van der Waals surface area (Å²) in [5.41, 5.74) is 1.81. The Morgan fingerprint density at radius 2 is 1.71 bits per heavy atom. The Hall–Kier alpha value is -2.17. The lowest BCUT2D eigenvalue weighted by Gasteiger charge is -2.34. The summed E-state index contributed by atoms with van der Waals surface area (Å²) < 4.78 is 26.1. The van der Waals surface area contributed by atoms with E-state index in [4.69, 9.17) is 0 Å². The Morgan fingerprint density at radius 3 is 2.38 bits per heavy atom. The fraction of sp³-hybridized carbons (Fsp3) is 0.312. The Morgan fingerprint density at radius 1 is 1.00 bits per heavy atom. The first-order valence-corrected chi connectivity index (χ1v) is 7.09. The summed E-state index contributed by atoms with van der Waals surface area (Å²) in [4.78, 5) is 6.33. The van der Waals surface area contributed by atoms with Crippen molar-refractivity contribution in [3.8, 4) is 0 Å². The molecular weight excluding hydrogens is 272 g/mol. The van der Waals surface area contributed by atoms with Crippen molar-refractivity contribution in [2.45, 2.75) is 18.9 Å². The van der Waals surface area contributed by atoms with Gasteiger partial charge in [0.05, 0.1) is 0 Å². The standard InChI is InChI=1S/C16H17F2N3/c17-15-2-1-13(11-16(15)18)20-12-5-9-21(10-6-12)14-3-7-19-8-4-14/h1-4,7-8,11-12,20H,5-6,9-10H2. The molecule has 1 N–H and O–H groups in total. The van der Waals surface area contributed by atoms with Crippen LogP contribution in [0.3, 0.4) is 0 Å². The van der Waals surface area contributed by atoms with Crippen molar-refractivity contribution in [1.82, 2.24) is 4.98 Å². The third kappa shape index (κ3) is 3.29. The second-order valence-corrected chi connectivity index (χ2v) is 5.24. The Balaban J connectivity index is 1.57. The van der Waals surface area contributed by atoms with Crippen molar-refractivity contribution in [2.24, 2.45) is 0 Å². The lowest BCUT2D eigenvalue weighted by atomic mass is 10.0. The van der Waals surface area contributed by atoms with Crippen molar-refractivity contribution in [1.29, 1.82) is 0 Å². The largest absolute Gasteiger partial charge is 0.382 e. The minimum Gasteiger partial charge on any atom is -0.382 e. The maximum absolute atomic E-state index is 13.2. The number of hydrogen-bond acceptors (Lipinski definition) is 3. The molecule has 1 aromatic heterocycles. The number of nitrogens with one attached hydrogen (secondary N) is 1. The van der Waals surface area contributed by atoms with Crippen molar-refractivity contribution < 1.29 is 8.78 Å². The van der Waals surface area contributed by atoms with Gasteiger partial charge in [-0.2, -0.15) is 0 Å². The van der Waals surface area contributed by atoms with Crippen molar-refractivity contribution in [3.63, 3.8) is 0 Å². The number of anilines is 2. The highest BCUT2D eigenvalue weighted by molar-refractivity contribution is 5.47. The molecule has 5 heteroatoms. The molecular formula is C16H17F2N3. The van der Waals surface area contributed by atoms with Crippen LogP contribution in [0.4, 0.5) is 20.2 Å². The van der Waals surface area contributed by atoms with E-state index >= 15 is 0 Å². The Labute approximate surface area is 122 Å². The van der Waals surface area contributed by atoms with Gasteiger partial charge in [-0.15, -0.1) is 0 Å². The van der Waals surface area contributed by atoms with E-state index in [0.717, 1.165) is 32.0 Å². The minimum atomic E-state index is -0.812. The van der Waals surface area contributed by atoms with Crippen molar-refractivity contribution in [3.05, 3.63) is 54.4 Å². The smallest absolute Gasteiger partial charge is 0.160 e. The Bertz CT molecular complexity index is 596. The van der Waals surface area contributed by atoms with E-state index in [0.29, 0.717) is 5.69 Å². The molecule has 0 amide bonds. The molecule has 3 rings (SSSR count). The van der Waals surface area contributed by atoms with Gasteiger partial charge in [-0.05, 0) is 37.1 Å². The number of halogens is 2. The average molecular weight is 289 g/mol. The van der Waals surface area contributed by atoms with Gasteiger partial charge in [-0.3, -0.25) is 4.98 Å². The zero-order chi connectivity index (χ0) is 14.7. The molecule has 0 unspecified atom stereocenters. The molecule has 0 atom stereocenters. The number of piperidine rings is 1. The molecule has 2 aromatic rings. The highest BCUT2D eigenvalue weighted by atomic mass is 19.2. The third-order valence-electron chi connectivity index (χ3n) is 3.81. The highest BCUT2D eigenvalue weighted by Crippen LogP contribution is 2.22. The second kappa shape index (κ2) is 6.08. The molecule has 21 heavy (non-hydrogen) atoms. The van der Waals surface area contributed by atoms with E-state index in [9.17, 15) is 8.78 Å². The predicted molar refractivity (Wildman–Crippen MR) is 79.5 cm³/mol. The summed E-state index contributed by atoms with van der Waals surface area (Å²) in [5, 5.41) is 3.28. The van der Waals surface area contributed by atoms with Crippen LogP contribution >= 0.6 is 0 Å². The SMILES string of the molecule is Fc1ccc(NC2CCN(c3ccncc3)CC2)cc1F. The van der Waals surface area contributed by atoms with Crippen LogP contribution in [0, 0.1) is 11.6 Å². The van der Waals surface area contributed by atoms with Crippen molar-refractivity contribution >= 4 is 11.4 Å². The van der Waals surface area contributed by atoms with Gasteiger partial charge in [0.25, 0.3) is 0 Å². The predicted octanol–water partition coefficient (Wildman–Crippen LogP) is 3.44. The normalized spacial score (nSPS) is 16.0. The first-order valence-electron chi connectivity index (χ1n) is 7.09. The molecule has 0 bridgehead atoms. The van der Waals surface area contributed by atoms with Gasteiger partial charge >= 0.3 is 0 Å². The van der Waals surface area contributed by atoms with Gasteiger partial charge in [0, 0.05) is 49.0 Å². The molecule has 1 aliphatic rings. The Kier molecular flexibility index (Phi) is 3.99. The highest BCUT2D eigenvalue weighted by Gasteiger charge is 2.19. The van der Waals surface area contributed by atoms with E-state index in [1.165, 1.54) is 11.8 Å². The van der Waals surface area contributed by atoms with Gasteiger partial charge in [0.1, 0.15) is 0 Å². The van der Waals surface area contributed by atoms with E-state index in [2.05, 4.69) is 15.2 Å². The number of hydrogen-bond donors (Lipinski definition) is 1. The summed E-state index contributed by atoms with van der Waals surface area (Å²) in [6, 6.07) is 8.24. The molecule has 0 spiro atoms. The van der Waals surface area contributed by atoms with Crippen LogP contribution in [-0.4, -0.2) is 24.1 Å². The quantitative estimate of drug-likeness (QED) is 0.938. The molecule has 110 valence electrons. The maximum Gasteiger partial charge on any atom is 0.160 e. The fourth-order valence-corrected chi connectivity index (χ4v) is 2.66. The summed E-state index contributed by atoms with van der Waals surface area (Å²) in [5.74, 6) is -1.62. The summed E-state index contributed by atoms with van der Waals surface area (Å²) in [6.45, 7) is 1.87. The molecule has 2 heterocycles. The lowest BCUT2D eigenvalue weighted by molar-refractivity contribution is 0.506. The van der Waals surface area contributed by atoms with Crippen LogP contribution in [0.15, 0.2) is 42.7 Å². The van der Waals surface area contributed by atoms with Gasteiger partial charge in [0.15, 0.2) is 11.6 Å². The molecule has 1 aromatic carbocycles. The van der Waals surface area contributed by atoms with Crippen LogP contribution in [0.1, 0.15) is 12.8 Å². The first-order chi connectivity index (χ1) is 10.2. The van der Waals surface area contributed by atoms with Crippen LogP contribution < -0.4 is 10.2 Å². The van der Waals surface area contributed by atoms with Crippen LogP contribution in [0.25, 0.3) is 0 Å². The topological polar surface area (TPSA) is 28.2 Å². The fourth-order valence-electron chi connectivity index (χ4n) is 2.66. The number of pyridine rings is 1. The molecule has 1 aliphatic heterocycles. The molecule has 0 aliphatic carbocycles. The molecule has 1 saturated heterocycles. The molecule has 0 radical (unpaired) electrons. The van der Waals surface area contributed by atoms with E-state index < -0.39 is 11.6 Å². The second-order valence-electron chi connectivity index (χ2n) is 5.24. The van der Waals surface area contributed by atoms with Gasteiger partial charge < -0.3 is 10.2 Å². The number of rotatable bonds is 3. The maximum atomic E-state index is 13.2. The first kappa shape index (κ1) is 13.8. The zero-order valence-electron chi connectivity index (χ0n) is 11.6. The van der Waals surface area contributed by atoms with Gasteiger partial charge in [-0.1, -0.05) is 0 Å². The summed E-state index contributed by atoms with van der Waals surface area (Å²) >= 11 is 0. The van der Waals surface area contributed by atoms with Crippen LogP contribution in [-0.2, 0) is 0 Å². The van der Waals surface area contributed by atoms with Crippen molar-refractivity contribution in [2.75, 3.05) is 23.3 Å². The number of aromatic nitrogens is 1. The van der Waals surface area contributed by atoms with E-state index in [1.807, 2.05) is 12.1 Å².